The van der Waals surface area contributed by atoms with Crippen molar-refractivity contribution in [2.45, 2.75) is 63.5 Å². The molecule has 1 saturated carbocycles. The van der Waals surface area contributed by atoms with E-state index in [-0.39, 0.29) is 24.0 Å². The lowest BCUT2D eigenvalue weighted by molar-refractivity contribution is 0.0368. The van der Waals surface area contributed by atoms with E-state index in [1.807, 2.05) is 13.2 Å². The first kappa shape index (κ1) is 26.5. The molecule has 0 spiro atoms. The largest absolute Gasteiger partial charge is 0.355 e. The Morgan fingerprint density at radius 2 is 1.64 bits per heavy atom. The predicted octanol–water partition coefficient (Wildman–Crippen LogP) is 3.31. The van der Waals surface area contributed by atoms with Crippen LogP contribution < -0.4 is 15.5 Å². The number of aliphatic imine (C=N–C) groups is 1. The zero-order chi connectivity index (χ0) is 22.2. The van der Waals surface area contributed by atoms with Gasteiger partial charge in [-0.25, -0.2) is 4.98 Å². The summed E-state index contributed by atoms with van der Waals surface area (Å²) in [4.78, 5) is 16.8. The fourth-order valence-electron chi connectivity index (χ4n) is 5.58. The number of hydrogen-bond acceptors (Lipinski definition) is 5. The molecular weight excluding hydrogens is 525 g/mol. The third-order valence-electron chi connectivity index (χ3n) is 7.72. The van der Waals surface area contributed by atoms with Gasteiger partial charge in [0, 0.05) is 58.1 Å². The van der Waals surface area contributed by atoms with E-state index in [9.17, 15) is 0 Å². The third kappa shape index (κ3) is 7.18. The first-order valence-electron chi connectivity index (χ1n) is 12.8. The molecule has 2 saturated heterocycles. The van der Waals surface area contributed by atoms with Gasteiger partial charge in [0.15, 0.2) is 5.96 Å². The van der Waals surface area contributed by atoms with E-state index in [1.54, 1.807) is 0 Å². The third-order valence-corrected chi connectivity index (χ3v) is 7.72. The quantitative estimate of drug-likeness (QED) is 0.312. The molecule has 7 nitrogen and oxygen atoms in total. The molecular formula is C25H44IN7. The average Bonchev–Trinajstić information content (AvgIpc) is 2.86. The van der Waals surface area contributed by atoms with Crippen LogP contribution in [0.4, 0.5) is 5.82 Å². The molecule has 0 unspecified atom stereocenters. The van der Waals surface area contributed by atoms with Crippen molar-refractivity contribution in [3.05, 3.63) is 23.9 Å². The predicted molar refractivity (Wildman–Crippen MR) is 149 cm³/mol. The maximum absolute atomic E-state index is 4.72. The molecule has 2 N–H and O–H groups in total. The topological polar surface area (TPSA) is 59.0 Å². The van der Waals surface area contributed by atoms with E-state index in [0.29, 0.717) is 5.54 Å². The monoisotopic (exact) mass is 569 g/mol. The molecule has 1 aliphatic carbocycles. The zero-order valence-corrected chi connectivity index (χ0v) is 23.0. The van der Waals surface area contributed by atoms with Crippen LogP contribution in [0, 0.1) is 0 Å². The second-order valence-corrected chi connectivity index (χ2v) is 9.93. The molecule has 0 radical (unpaired) electrons. The normalized spacial score (nSPS) is 22.5. The molecule has 1 aromatic rings. The Balaban J connectivity index is 0.00000306. The Labute approximate surface area is 217 Å². The van der Waals surface area contributed by atoms with Crippen LogP contribution in [0.25, 0.3) is 0 Å². The summed E-state index contributed by atoms with van der Waals surface area (Å²) in [5.41, 5.74) is 1.50. The van der Waals surface area contributed by atoms with Gasteiger partial charge in [-0.15, -0.1) is 24.0 Å². The molecule has 8 heteroatoms. The zero-order valence-electron chi connectivity index (χ0n) is 20.7. The number of likely N-dealkylation sites (N-methyl/N-ethyl adjacent to an activating group) is 1. The Kier molecular flexibility index (Phi) is 10.5. The number of halogens is 1. The van der Waals surface area contributed by atoms with Crippen LogP contribution in [0.3, 0.4) is 0 Å². The SMILES string of the molecule is CN=C(NCc1ccc(N2CCN(C)CC2)nc1)NCC1(N2CCCCC2)CCCCC1.I. The van der Waals surface area contributed by atoms with E-state index in [0.717, 1.165) is 51.0 Å². The summed E-state index contributed by atoms with van der Waals surface area (Å²) < 4.78 is 0. The van der Waals surface area contributed by atoms with Crippen LogP contribution >= 0.6 is 24.0 Å². The van der Waals surface area contributed by atoms with E-state index in [1.165, 1.54) is 70.0 Å². The van der Waals surface area contributed by atoms with Gasteiger partial charge in [0.2, 0.25) is 0 Å². The fraction of sp³-hybridized carbons (Fsp3) is 0.760. The molecule has 3 fully saturated rings. The van der Waals surface area contributed by atoms with E-state index in [2.05, 4.69) is 49.5 Å². The summed E-state index contributed by atoms with van der Waals surface area (Å²) in [5, 5.41) is 7.19. The molecule has 0 amide bonds. The number of piperidine rings is 1. The lowest BCUT2D eigenvalue weighted by atomic mass is 9.79. The summed E-state index contributed by atoms with van der Waals surface area (Å²) in [6, 6.07) is 4.35. The number of piperazine rings is 1. The molecule has 4 rings (SSSR count). The first-order chi connectivity index (χ1) is 15.7. The van der Waals surface area contributed by atoms with Gasteiger partial charge in [0.25, 0.3) is 0 Å². The van der Waals surface area contributed by atoms with Crippen LogP contribution in [0.15, 0.2) is 23.3 Å². The number of nitrogens with zero attached hydrogens (tertiary/aromatic N) is 5. The fourth-order valence-corrected chi connectivity index (χ4v) is 5.58. The van der Waals surface area contributed by atoms with Crippen molar-refractivity contribution in [1.29, 1.82) is 0 Å². The first-order valence-corrected chi connectivity index (χ1v) is 12.8. The second-order valence-electron chi connectivity index (χ2n) is 9.93. The van der Waals surface area contributed by atoms with Crippen LogP contribution in [0.5, 0.6) is 0 Å². The summed E-state index contributed by atoms with van der Waals surface area (Å²) in [6.07, 6.45) is 12.8. The molecule has 3 aliphatic rings. The summed E-state index contributed by atoms with van der Waals surface area (Å²) in [7, 11) is 4.06. The Morgan fingerprint density at radius 1 is 0.939 bits per heavy atom. The van der Waals surface area contributed by atoms with Gasteiger partial charge < -0.3 is 20.4 Å². The molecule has 0 atom stereocenters. The maximum atomic E-state index is 4.72. The Hall–Kier alpha value is -1.13. The van der Waals surface area contributed by atoms with Crippen LogP contribution in [0.1, 0.15) is 56.9 Å². The van der Waals surface area contributed by atoms with Gasteiger partial charge in [0.05, 0.1) is 0 Å². The number of guanidine groups is 1. The van der Waals surface area contributed by atoms with Crippen molar-refractivity contribution in [1.82, 2.24) is 25.4 Å². The lowest BCUT2D eigenvalue weighted by Crippen LogP contribution is -2.59. The number of nitrogens with one attached hydrogen (secondary N) is 2. The lowest BCUT2D eigenvalue weighted by Gasteiger charge is -2.48. The molecule has 3 heterocycles. The summed E-state index contributed by atoms with van der Waals surface area (Å²) in [6.45, 7) is 8.57. The van der Waals surface area contributed by atoms with Crippen LogP contribution in [0.2, 0.25) is 0 Å². The minimum atomic E-state index is 0. The molecule has 2 aliphatic heterocycles. The standard InChI is InChI=1S/C25H43N7.HI/c1-26-24(29-21-25(11-5-3-6-12-25)32-13-7-4-8-14-32)28-20-22-9-10-23(27-19-22)31-17-15-30(2)16-18-31;/h9-10,19H,3-8,11-18,20-21H2,1-2H3,(H2,26,28,29);1H. The Bertz CT molecular complexity index is 719. The van der Waals surface area contributed by atoms with Crippen molar-refractivity contribution >= 4 is 35.8 Å². The highest BCUT2D eigenvalue weighted by Crippen LogP contribution is 2.35. The molecule has 33 heavy (non-hydrogen) atoms. The van der Waals surface area contributed by atoms with Gasteiger partial charge in [-0.05, 0) is 57.5 Å². The average molecular weight is 570 g/mol. The van der Waals surface area contributed by atoms with Gasteiger partial charge in [-0.2, -0.15) is 0 Å². The van der Waals surface area contributed by atoms with Gasteiger partial charge in [0.1, 0.15) is 5.82 Å². The molecule has 0 aromatic carbocycles. The maximum Gasteiger partial charge on any atom is 0.191 e. The molecule has 186 valence electrons. The van der Waals surface area contributed by atoms with Crippen molar-refractivity contribution in [3.63, 3.8) is 0 Å². The van der Waals surface area contributed by atoms with Crippen molar-refractivity contribution < 1.29 is 0 Å². The van der Waals surface area contributed by atoms with E-state index >= 15 is 0 Å². The van der Waals surface area contributed by atoms with Crippen molar-refractivity contribution in [2.75, 3.05) is 64.8 Å². The smallest absolute Gasteiger partial charge is 0.191 e. The number of aromatic nitrogens is 1. The number of hydrogen-bond donors (Lipinski definition) is 2. The van der Waals surface area contributed by atoms with Crippen molar-refractivity contribution in [3.8, 4) is 0 Å². The minimum absolute atomic E-state index is 0. The minimum Gasteiger partial charge on any atom is -0.355 e. The molecule has 0 bridgehead atoms. The summed E-state index contributed by atoms with van der Waals surface area (Å²) in [5.74, 6) is 1.99. The van der Waals surface area contributed by atoms with Gasteiger partial charge in [-0.3, -0.25) is 9.89 Å². The molecule has 1 aromatic heterocycles. The van der Waals surface area contributed by atoms with Crippen molar-refractivity contribution in [2.24, 2.45) is 4.99 Å². The second kappa shape index (κ2) is 13.1. The highest BCUT2D eigenvalue weighted by molar-refractivity contribution is 14.0. The van der Waals surface area contributed by atoms with Crippen LogP contribution in [-0.2, 0) is 6.54 Å². The number of anilines is 1. The Morgan fingerprint density at radius 3 is 2.27 bits per heavy atom. The number of likely N-dealkylation sites (tertiary alicyclic amines) is 1. The van der Waals surface area contributed by atoms with Gasteiger partial charge in [-0.1, -0.05) is 31.7 Å². The van der Waals surface area contributed by atoms with E-state index in [4.69, 9.17) is 4.98 Å². The highest BCUT2D eigenvalue weighted by atomic mass is 127. The summed E-state index contributed by atoms with van der Waals surface area (Å²) >= 11 is 0. The number of rotatable bonds is 6. The van der Waals surface area contributed by atoms with E-state index < -0.39 is 0 Å². The number of pyridine rings is 1. The highest BCUT2D eigenvalue weighted by Gasteiger charge is 2.38. The van der Waals surface area contributed by atoms with Gasteiger partial charge >= 0.3 is 0 Å². The van der Waals surface area contributed by atoms with Crippen LogP contribution in [-0.4, -0.2) is 86.2 Å².